The Kier molecular flexibility index (Phi) is 5.14. The molecule has 0 radical (unpaired) electrons. The van der Waals surface area contributed by atoms with Crippen molar-refractivity contribution in [2.45, 2.75) is 32.1 Å². The number of aromatic nitrogens is 2. The van der Waals surface area contributed by atoms with Crippen molar-refractivity contribution in [3.8, 4) is 11.4 Å². The van der Waals surface area contributed by atoms with Crippen LogP contribution in [0.4, 0.5) is 0 Å². The third-order valence-corrected chi connectivity index (χ3v) is 5.29. The van der Waals surface area contributed by atoms with Gasteiger partial charge in [-0.25, -0.2) is 9.97 Å². The van der Waals surface area contributed by atoms with Crippen molar-refractivity contribution in [1.29, 1.82) is 0 Å². The minimum atomic E-state index is -0.132. The van der Waals surface area contributed by atoms with Gasteiger partial charge in [0, 0.05) is 31.4 Å². The largest absolute Gasteiger partial charge is 0.341 e. The minimum Gasteiger partial charge on any atom is -0.341 e. The zero-order valence-electron chi connectivity index (χ0n) is 15.4. The Balaban J connectivity index is 1.52. The average Bonchev–Trinajstić information content (AvgIpc) is 2.88. The van der Waals surface area contributed by atoms with Crippen molar-refractivity contribution < 1.29 is 9.59 Å². The van der Waals surface area contributed by atoms with Gasteiger partial charge in [-0.3, -0.25) is 9.59 Å². The quantitative estimate of drug-likeness (QED) is 0.839. The number of piperidine rings is 1. The average molecular weight is 364 g/mol. The highest BCUT2D eigenvalue weighted by molar-refractivity contribution is 5.97. The van der Waals surface area contributed by atoms with E-state index in [1.165, 1.54) is 6.42 Å². The molecule has 4 rings (SSSR count). The van der Waals surface area contributed by atoms with Crippen LogP contribution in [0.15, 0.2) is 36.5 Å². The topological polar surface area (TPSA) is 66.4 Å². The second-order valence-corrected chi connectivity index (χ2v) is 7.19. The highest BCUT2D eigenvalue weighted by Crippen LogP contribution is 2.21. The molecule has 27 heavy (non-hydrogen) atoms. The second kappa shape index (κ2) is 7.86. The maximum absolute atomic E-state index is 13.0. The number of hydrogen-bond acceptors (Lipinski definition) is 4. The number of aryl methyl sites for hydroxylation is 1. The minimum absolute atomic E-state index is 0.0494. The van der Waals surface area contributed by atoms with E-state index in [0.29, 0.717) is 17.9 Å². The van der Waals surface area contributed by atoms with Crippen LogP contribution in [0.2, 0.25) is 0 Å². The molecule has 6 nitrogen and oxygen atoms in total. The van der Waals surface area contributed by atoms with E-state index in [1.54, 1.807) is 11.1 Å². The lowest BCUT2D eigenvalue weighted by molar-refractivity contribution is -0.132. The molecule has 0 bridgehead atoms. The van der Waals surface area contributed by atoms with Crippen LogP contribution in [0, 0.1) is 0 Å². The summed E-state index contributed by atoms with van der Waals surface area (Å²) >= 11 is 0. The molecular weight excluding hydrogens is 340 g/mol. The summed E-state index contributed by atoms with van der Waals surface area (Å²) in [4.78, 5) is 38.1. The van der Waals surface area contributed by atoms with E-state index >= 15 is 0 Å². The number of fused-ring (bicyclic) bond motifs is 1. The zero-order valence-corrected chi connectivity index (χ0v) is 15.4. The van der Waals surface area contributed by atoms with Crippen molar-refractivity contribution in [2.75, 3.05) is 26.2 Å². The first-order chi connectivity index (χ1) is 13.2. The van der Waals surface area contributed by atoms with E-state index in [2.05, 4.69) is 9.97 Å². The summed E-state index contributed by atoms with van der Waals surface area (Å²) < 4.78 is 0. The molecule has 0 unspecified atom stereocenters. The summed E-state index contributed by atoms with van der Waals surface area (Å²) in [5, 5.41) is 0. The van der Waals surface area contributed by atoms with E-state index in [4.69, 9.17) is 0 Å². The summed E-state index contributed by atoms with van der Waals surface area (Å²) in [6.07, 6.45) is 6.43. The molecule has 0 saturated carbocycles. The Bertz CT molecular complexity index is 831. The molecule has 2 aliphatic rings. The Morgan fingerprint density at radius 1 is 1.00 bits per heavy atom. The Morgan fingerprint density at radius 2 is 1.78 bits per heavy atom. The first kappa shape index (κ1) is 17.6. The molecule has 3 heterocycles. The molecule has 1 fully saturated rings. The Labute approximate surface area is 159 Å². The molecule has 1 aromatic carbocycles. The number of benzene rings is 1. The van der Waals surface area contributed by atoms with Gasteiger partial charge in [-0.1, -0.05) is 30.3 Å². The first-order valence-electron chi connectivity index (χ1n) is 9.71. The monoisotopic (exact) mass is 364 g/mol. The number of carbonyl (C=O) groups excluding carboxylic acids is 2. The predicted octanol–water partition coefficient (Wildman–Crippen LogP) is 2.54. The molecule has 0 aliphatic carbocycles. The van der Waals surface area contributed by atoms with Crippen LogP contribution in [0.5, 0.6) is 0 Å². The van der Waals surface area contributed by atoms with Crippen molar-refractivity contribution in [1.82, 2.24) is 19.8 Å². The fourth-order valence-electron chi connectivity index (χ4n) is 3.78. The number of carbonyl (C=O) groups is 2. The van der Waals surface area contributed by atoms with E-state index < -0.39 is 0 Å². The molecular formula is C21H24N4O2. The van der Waals surface area contributed by atoms with Crippen molar-refractivity contribution >= 4 is 11.8 Å². The van der Waals surface area contributed by atoms with Gasteiger partial charge in [0.1, 0.15) is 6.54 Å². The lowest BCUT2D eigenvalue weighted by Crippen LogP contribution is -2.44. The van der Waals surface area contributed by atoms with Crippen LogP contribution in [0.1, 0.15) is 41.7 Å². The summed E-state index contributed by atoms with van der Waals surface area (Å²) in [6, 6.07) is 9.77. The maximum atomic E-state index is 13.0. The van der Waals surface area contributed by atoms with Crippen LogP contribution in [-0.2, 0) is 11.2 Å². The molecule has 6 heteroatoms. The Hall–Kier alpha value is -2.76. The highest BCUT2D eigenvalue weighted by atomic mass is 16.2. The summed E-state index contributed by atoms with van der Waals surface area (Å²) in [5.74, 6) is 0.556. The lowest BCUT2D eigenvalue weighted by atomic mass is 10.1. The summed E-state index contributed by atoms with van der Waals surface area (Å²) in [6.45, 7) is 2.34. The van der Waals surface area contributed by atoms with Crippen LogP contribution in [0.3, 0.4) is 0 Å². The van der Waals surface area contributed by atoms with Crippen molar-refractivity contribution in [2.24, 2.45) is 0 Å². The molecule has 0 spiro atoms. The van der Waals surface area contributed by atoms with Gasteiger partial charge >= 0.3 is 0 Å². The standard InChI is InChI=1S/C21H24N4O2/c26-19(24-11-5-2-6-12-24)15-25-13-7-10-18-17(21(25)27)14-22-20(23-18)16-8-3-1-4-9-16/h1,3-4,8-9,14H,2,5-7,10-13,15H2. The van der Waals surface area contributed by atoms with Gasteiger partial charge in [0.2, 0.25) is 5.91 Å². The van der Waals surface area contributed by atoms with Crippen LogP contribution >= 0.6 is 0 Å². The lowest BCUT2D eigenvalue weighted by Gasteiger charge is -2.29. The van der Waals surface area contributed by atoms with Crippen molar-refractivity contribution in [3.63, 3.8) is 0 Å². The summed E-state index contributed by atoms with van der Waals surface area (Å²) in [5.41, 5.74) is 2.24. The molecule has 2 aromatic rings. The zero-order chi connectivity index (χ0) is 18.6. The highest BCUT2D eigenvalue weighted by Gasteiger charge is 2.27. The maximum Gasteiger partial charge on any atom is 0.257 e. The third kappa shape index (κ3) is 3.84. The first-order valence-corrected chi connectivity index (χ1v) is 9.71. The van der Waals surface area contributed by atoms with E-state index in [1.807, 2.05) is 35.2 Å². The molecule has 1 aromatic heterocycles. The second-order valence-electron chi connectivity index (χ2n) is 7.19. The van der Waals surface area contributed by atoms with Crippen LogP contribution in [0.25, 0.3) is 11.4 Å². The normalized spacial score (nSPS) is 17.4. The SMILES string of the molecule is O=C(CN1CCCc2nc(-c3ccccc3)ncc2C1=O)N1CCCCC1. The number of rotatable bonds is 3. The van der Waals surface area contributed by atoms with Gasteiger partial charge in [0.15, 0.2) is 5.82 Å². The molecule has 140 valence electrons. The van der Waals surface area contributed by atoms with Gasteiger partial charge in [-0.05, 0) is 32.1 Å². The van der Waals surface area contributed by atoms with Gasteiger partial charge < -0.3 is 9.80 Å². The smallest absolute Gasteiger partial charge is 0.257 e. The molecule has 2 amide bonds. The number of likely N-dealkylation sites (tertiary alicyclic amines) is 1. The van der Waals surface area contributed by atoms with Crippen LogP contribution in [-0.4, -0.2) is 57.8 Å². The van der Waals surface area contributed by atoms with Gasteiger partial charge in [0.25, 0.3) is 5.91 Å². The van der Waals surface area contributed by atoms with E-state index in [0.717, 1.165) is 50.0 Å². The van der Waals surface area contributed by atoms with Gasteiger partial charge in [-0.15, -0.1) is 0 Å². The Morgan fingerprint density at radius 3 is 2.56 bits per heavy atom. The van der Waals surface area contributed by atoms with E-state index in [-0.39, 0.29) is 18.4 Å². The molecule has 2 aliphatic heterocycles. The fraction of sp³-hybridized carbons (Fsp3) is 0.429. The molecule has 1 saturated heterocycles. The summed E-state index contributed by atoms with van der Waals surface area (Å²) in [7, 11) is 0. The number of nitrogens with zero attached hydrogens (tertiary/aromatic N) is 4. The predicted molar refractivity (Wildman–Crippen MR) is 102 cm³/mol. The molecule has 0 N–H and O–H groups in total. The molecule has 0 atom stereocenters. The van der Waals surface area contributed by atoms with Gasteiger partial charge in [-0.2, -0.15) is 0 Å². The van der Waals surface area contributed by atoms with E-state index in [9.17, 15) is 9.59 Å². The van der Waals surface area contributed by atoms with Crippen LogP contribution < -0.4 is 0 Å². The van der Waals surface area contributed by atoms with Crippen molar-refractivity contribution in [3.05, 3.63) is 47.8 Å². The number of hydrogen-bond donors (Lipinski definition) is 0. The third-order valence-electron chi connectivity index (χ3n) is 5.29. The fourth-order valence-corrected chi connectivity index (χ4v) is 3.78. The number of amides is 2. The van der Waals surface area contributed by atoms with Gasteiger partial charge in [0.05, 0.1) is 11.3 Å².